The van der Waals surface area contributed by atoms with Crippen LogP contribution in [0, 0.1) is 0 Å². The summed E-state index contributed by atoms with van der Waals surface area (Å²) in [5.74, 6) is 0. The summed E-state index contributed by atoms with van der Waals surface area (Å²) < 4.78 is 0. The van der Waals surface area contributed by atoms with Crippen molar-refractivity contribution in [1.29, 1.82) is 0 Å². The summed E-state index contributed by atoms with van der Waals surface area (Å²) in [7, 11) is 2.00. The van der Waals surface area contributed by atoms with Crippen LogP contribution in [0.3, 0.4) is 0 Å². The lowest BCUT2D eigenvalue weighted by molar-refractivity contribution is 0.525. The molecular weight excluding hydrogens is 216 g/mol. The van der Waals surface area contributed by atoms with Crippen LogP contribution in [0.4, 0.5) is 0 Å². The Labute approximate surface area is 102 Å². The second-order valence-corrected chi connectivity index (χ2v) is 5.93. The van der Waals surface area contributed by atoms with E-state index in [1.54, 1.807) is 10.4 Å². The monoisotopic (exact) mass is 238 g/mol. The van der Waals surface area contributed by atoms with Gasteiger partial charge in [-0.1, -0.05) is 0 Å². The first-order valence-corrected chi connectivity index (χ1v) is 7.09. The van der Waals surface area contributed by atoms with E-state index in [0.29, 0.717) is 6.04 Å². The van der Waals surface area contributed by atoms with Gasteiger partial charge in [0.05, 0.1) is 0 Å². The van der Waals surface area contributed by atoms with Gasteiger partial charge in [0.2, 0.25) is 0 Å². The Balaban J connectivity index is 1.87. The standard InChI is InChI=1S/C13H22N2S/c1-10(8-14-2)15-9-12-7-11-5-3-4-6-13(11)16-12/h7,10,14-15H,3-6,8-9H2,1-2H3. The van der Waals surface area contributed by atoms with Crippen LogP contribution in [0.25, 0.3) is 0 Å². The maximum Gasteiger partial charge on any atom is 0.0302 e. The molecule has 3 heteroatoms. The molecule has 0 spiro atoms. The Morgan fingerprint density at radius 1 is 1.38 bits per heavy atom. The fourth-order valence-electron chi connectivity index (χ4n) is 2.29. The van der Waals surface area contributed by atoms with Gasteiger partial charge < -0.3 is 10.6 Å². The van der Waals surface area contributed by atoms with E-state index in [0.717, 1.165) is 13.1 Å². The van der Waals surface area contributed by atoms with Gasteiger partial charge in [0.25, 0.3) is 0 Å². The van der Waals surface area contributed by atoms with Gasteiger partial charge >= 0.3 is 0 Å². The number of aryl methyl sites for hydroxylation is 2. The topological polar surface area (TPSA) is 24.1 Å². The molecule has 16 heavy (non-hydrogen) atoms. The van der Waals surface area contributed by atoms with Crippen LogP contribution in [0.2, 0.25) is 0 Å². The van der Waals surface area contributed by atoms with Gasteiger partial charge in [0, 0.05) is 28.9 Å². The van der Waals surface area contributed by atoms with E-state index in [9.17, 15) is 0 Å². The van der Waals surface area contributed by atoms with E-state index in [1.807, 2.05) is 18.4 Å². The van der Waals surface area contributed by atoms with Gasteiger partial charge in [-0.3, -0.25) is 0 Å². The molecule has 1 atom stereocenters. The summed E-state index contributed by atoms with van der Waals surface area (Å²) in [4.78, 5) is 3.15. The van der Waals surface area contributed by atoms with E-state index in [-0.39, 0.29) is 0 Å². The summed E-state index contributed by atoms with van der Waals surface area (Å²) in [5.41, 5.74) is 1.62. The first-order valence-electron chi connectivity index (χ1n) is 6.28. The van der Waals surface area contributed by atoms with Crippen molar-refractivity contribution >= 4 is 11.3 Å². The molecule has 0 amide bonds. The van der Waals surface area contributed by atoms with Crippen molar-refractivity contribution < 1.29 is 0 Å². The average molecular weight is 238 g/mol. The summed E-state index contributed by atoms with van der Waals surface area (Å²) in [6.45, 7) is 4.29. The van der Waals surface area contributed by atoms with Crippen molar-refractivity contribution in [2.45, 2.75) is 45.2 Å². The van der Waals surface area contributed by atoms with E-state index in [1.165, 1.54) is 30.6 Å². The number of hydrogen-bond donors (Lipinski definition) is 2. The molecule has 0 saturated heterocycles. The smallest absolute Gasteiger partial charge is 0.0302 e. The lowest BCUT2D eigenvalue weighted by atomic mass is 9.99. The zero-order valence-corrected chi connectivity index (χ0v) is 11.1. The number of fused-ring (bicyclic) bond motifs is 1. The normalized spacial score (nSPS) is 17.1. The molecule has 0 bridgehead atoms. The van der Waals surface area contributed by atoms with E-state index >= 15 is 0 Å². The van der Waals surface area contributed by atoms with Crippen molar-refractivity contribution in [1.82, 2.24) is 10.6 Å². The summed E-state index contributed by atoms with van der Waals surface area (Å²) in [6.07, 6.45) is 5.38. The van der Waals surface area contributed by atoms with Crippen LogP contribution in [0.1, 0.15) is 35.1 Å². The summed E-state index contributed by atoms with van der Waals surface area (Å²) in [5, 5.41) is 6.75. The largest absolute Gasteiger partial charge is 0.318 e. The zero-order chi connectivity index (χ0) is 11.4. The van der Waals surface area contributed by atoms with Gasteiger partial charge in [-0.25, -0.2) is 0 Å². The van der Waals surface area contributed by atoms with Crippen LogP contribution < -0.4 is 10.6 Å². The third kappa shape index (κ3) is 3.06. The molecule has 90 valence electrons. The molecule has 1 unspecified atom stereocenters. The van der Waals surface area contributed by atoms with E-state index in [2.05, 4.69) is 23.6 Å². The number of thiophene rings is 1. The fraction of sp³-hybridized carbons (Fsp3) is 0.692. The van der Waals surface area contributed by atoms with Crippen molar-refractivity contribution in [3.8, 4) is 0 Å². The molecule has 0 aliphatic heterocycles. The Morgan fingerprint density at radius 3 is 2.94 bits per heavy atom. The Hall–Kier alpha value is -0.380. The molecule has 1 aromatic heterocycles. The molecule has 1 aliphatic carbocycles. The Morgan fingerprint density at radius 2 is 2.19 bits per heavy atom. The van der Waals surface area contributed by atoms with Crippen LogP contribution in [-0.4, -0.2) is 19.6 Å². The predicted molar refractivity (Wildman–Crippen MR) is 71.2 cm³/mol. The molecule has 0 aromatic carbocycles. The maximum absolute atomic E-state index is 3.56. The van der Waals surface area contributed by atoms with Gasteiger partial charge in [0.15, 0.2) is 0 Å². The van der Waals surface area contributed by atoms with Crippen molar-refractivity contribution in [3.05, 3.63) is 21.4 Å². The number of rotatable bonds is 5. The second-order valence-electron chi connectivity index (χ2n) is 4.71. The second kappa shape index (κ2) is 5.80. The molecule has 2 nitrogen and oxygen atoms in total. The Kier molecular flexibility index (Phi) is 4.38. The minimum atomic E-state index is 0.545. The first-order chi connectivity index (χ1) is 7.79. The molecule has 1 heterocycles. The minimum Gasteiger partial charge on any atom is -0.318 e. The number of hydrogen-bond acceptors (Lipinski definition) is 3. The first kappa shape index (κ1) is 12.1. The molecule has 1 aromatic rings. The summed E-state index contributed by atoms with van der Waals surface area (Å²) >= 11 is 2.01. The molecular formula is C13H22N2S. The highest BCUT2D eigenvalue weighted by Gasteiger charge is 2.13. The van der Waals surface area contributed by atoms with Gasteiger partial charge in [-0.15, -0.1) is 11.3 Å². The van der Waals surface area contributed by atoms with Gasteiger partial charge in [-0.2, -0.15) is 0 Å². The average Bonchev–Trinajstić information content (AvgIpc) is 2.69. The minimum absolute atomic E-state index is 0.545. The lowest BCUT2D eigenvalue weighted by Crippen LogP contribution is -2.34. The molecule has 0 fully saturated rings. The van der Waals surface area contributed by atoms with Crippen molar-refractivity contribution in [3.63, 3.8) is 0 Å². The quantitative estimate of drug-likeness (QED) is 0.822. The molecule has 1 aliphatic rings. The number of likely N-dealkylation sites (N-methyl/N-ethyl adjacent to an activating group) is 1. The third-order valence-electron chi connectivity index (χ3n) is 3.18. The Bertz CT molecular complexity index is 309. The molecule has 2 rings (SSSR count). The van der Waals surface area contributed by atoms with Crippen molar-refractivity contribution in [2.24, 2.45) is 0 Å². The SMILES string of the molecule is CNCC(C)NCc1cc2c(s1)CCCC2. The fourth-order valence-corrected chi connectivity index (χ4v) is 3.50. The molecule has 2 N–H and O–H groups in total. The van der Waals surface area contributed by atoms with Gasteiger partial charge in [0.1, 0.15) is 0 Å². The molecule has 0 saturated carbocycles. The predicted octanol–water partition coefficient (Wildman–Crippen LogP) is 2.32. The highest BCUT2D eigenvalue weighted by Crippen LogP contribution is 2.29. The molecule has 0 radical (unpaired) electrons. The van der Waals surface area contributed by atoms with E-state index in [4.69, 9.17) is 0 Å². The number of nitrogens with one attached hydrogen (secondary N) is 2. The lowest BCUT2D eigenvalue weighted by Gasteiger charge is -2.11. The van der Waals surface area contributed by atoms with Crippen LogP contribution >= 0.6 is 11.3 Å². The van der Waals surface area contributed by atoms with Gasteiger partial charge in [-0.05, 0) is 51.3 Å². The van der Waals surface area contributed by atoms with E-state index < -0.39 is 0 Å². The third-order valence-corrected chi connectivity index (χ3v) is 4.42. The maximum atomic E-state index is 3.56. The zero-order valence-electron chi connectivity index (χ0n) is 10.3. The highest BCUT2D eigenvalue weighted by molar-refractivity contribution is 7.12. The van der Waals surface area contributed by atoms with Crippen LogP contribution in [-0.2, 0) is 19.4 Å². The highest BCUT2D eigenvalue weighted by atomic mass is 32.1. The van der Waals surface area contributed by atoms with Crippen LogP contribution in [0.15, 0.2) is 6.07 Å². The van der Waals surface area contributed by atoms with Crippen molar-refractivity contribution in [2.75, 3.05) is 13.6 Å². The summed E-state index contributed by atoms with van der Waals surface area (Å²) in [6, 6.07) is 2.96. The van der Waals surface area contributed by atoms with Crippen LogP contribution in [0.5, 0.6) is 0 Å².